The highest BCUT2D eigenvalue weighted by molar-refractivity contribution is 6.32. The van der Waals surface area contributed by atoms with Crippen LogP contribution in [0, 0.1) is 6.92 Å². The van der Waals surface area contributed by atoms with Gasteiger partial charge in [-0.05, 0) is 37.5 Å². The van der Waals surface area contributed by atoms with Crippen LogP contribution in [-0.2, 0) is 0 Å². The maximum Gasteiger partial charge on any atom is 0.138 e. The van der Waals surface area contributed by atoms with Crippen LogP contribution in [-0.4, -0.2) is 12.1 Å². The molecule has 0 amide bonds. The predicted octanol–water partition coefficient (Wildman–Crippen LogP) is 2.52. The normalized spacial score (nSPS) is 25.6. The van der Waals surface area contributed by atoms with Crippen LogP contribution in [0.2, 0.25) is 5.02 Å². The Balaban J connectivity index is 2.02. The molecular formula is C11H14ClNO. The molecule has 1 fully saturated rings. The molecule has 2 rings (SSSR count). The Morgan fingerprint density at radius 2 is 2.14 bits per heavy atom. The van der Waals surface area contributed by atoms with Crippen LogP contribution >= 0.6 is 11.6 Å². The Morgan fingerprint density at radius 1 is 1.43 bits per heavy atom. The maximum atomic E-state index is 6.03. The first-order valence-electron chi connectivity index (χ1n) is 4.83. The fourth-order valence-electron chi connectivity index (χ4n) is 1.58. The third kappa shape index (κ3) is 2.02. The van der Waals surface area contributed by atoms with E-state index in [-0.39, 0.29) is 6.10 Å². The van der Waals surface area contributed by atoms with Gasteiger partial charge in [0.25, 0.3) is 0 Å². The number of aryl methyl sites for hydroxylation is 1. The second kappa shape index (κ2) is 3.79. The topological polar surface area (TPSA) is 35.2 Å². The highest BCUT2D eigenvalue weighted by Crippen LogP contribution is 2.30. The molecule has 1 aromatic rings. The SMILES string of the molecule is Cc1ccc(OC2CC(N)C2)c(Cl)c1. The van der Waals surface area contributed by atoms with Crippen molar-refractivity contribution in [2.45, 2.75) is 31.9 Å². The van der Waals surface area contributed by atoms with E-state index in [1.54, 1.807) is 0 Å². The second-order valence-electron chi connectivity index (χ2n) is 3.91. The van der Waals surface area contributed by atoms with Gasteiger partial charge < -0.3 is 10.5 Å². The van der Waals surface area contributed by atoms with Crippen LogP contribution < -0.4 is 10.5 Å². The maximum absolute atomic E-state index is 6.03. The lowest BCUT2D eigenvalue weighted by Gasteiger charge is -2.32. The molecule has 0 atom stereocenters. The van der Waals surface area contributed by atoms with Gasteiger partial charge >= 0.3 is 0 Å². The van der Waals surface area contributed by atoms with E-state index in [1.807, 2.05) is 25.1 Å². The first-order chi connectivity index (χ1) is 6.65. The minimum atomic E-state index is 0.255. The Bertz CT molecular complexity index is 334. The largest absolute Gasteiger partial charge is 0.489 e. The van der Waals surface area contributed by atoms with Crippen LogP contribution in [0.3, 0.4) is 0 Å². The summed E-state index contributed by atoms with van der Waals surface area (Å²) in [6.07, 6.45) is 2.12. The third-order valence-corrected chi connectivity index (χ3v) is 2.81. The van der Waals surface area contributed by atoms with Crippen molar-refractivity contribution in [2.24, 2.45) is 5.73 Å². The van der Waals surface area contributed by atoms with Gasteiger partial charge in [0.05, 0.1) is 5.02 Å². The molecule has 0 unspecified atom stereocenters. The van der Waals surface area contributed by atoms with Crippen molar-refractivity contribution in [3.8, 4) is 5.75 Å². The Morgan fingerprint density at radius 3 is 2.71 bits per heavy atom. The number of nitrogens with two attached hydrogens (primary N) is 1. The van der Waals surface area contributed by atoms with Crippen LogP contribution in [0.15, 0.2) is 18.2 Å². The van der Waals surface area contributed by atoms with E-state index in [9.17, 15) is 0 Å². The van der Waals surface area contributed by atoms with E-state index in [0.29, 0.717) is 11.1 Å². The lowest BCUT2D eigenvalue weighted by molar-refractivity contribution is 0.101. The van der Waals surface area contributed by atoms with Gasteiger partial charge in [0.15, 0.2) is 0 Å². The molecule has 14 heavy (non-hydrogen) atoms. The summed E-state index contributed by atoms with van der Waals surface area (Å²) in [6.45, 7) is 2.01. The van der Waals surface area contributed by atoms with Crippen molar-refractivity contribution in [2.75, 3.05) is 0 Å². The molecule has 2 nitrogen and oxygen atoms in total. The minimum Gasteiger partial charge on any atom is -0.489 e. The van der Waals surface area contributed by atoms with Gasteiger partial charge in [-0.3, -0.25) is 0 Å². The molecule has 0 radical (unpaired) electrons. The number of hydrogen-bond donors (Lipinski definition) is 1. The summed E-state index contributed by atoms with van der Waals surface area (Å²) in [5.41, 5.74) is 6.82. The molecule has 1 aromatic carbocycles. The van der Waals surface area contributed by atoms with Gasteiger partial charge in [-0.2, -0.15) is 0 Å². The quantitative estimate of drug-likeness (QED) is 0.816. The van der Waals surface area contributed by atoms with Crippen LogP contribution in [0.4, 0.5) is 0 Å². The number of hydrogen-bond acceptors (Lipinski definition) is 2. The lowest BCUT2D eigenvalue weighted by Crippen LogP contribution is -2.43. The van der Waals surface area contributed by atoms with E-state index in [4.69, 9.17) is 22.1 Å². The van der Waals surface area contributed by atoms with E-state index in [0.717, 1.165) is 24.2 Å². The molecule has 76 valence electrons. The minimum absolute atomic E-state index is 0.255. The Kier molecular flexibility index (Phi) is 2.66. The van der Waals surface area contributed by atoms with Gasteiger partial charge in [0.2, 0.25) is 0 Å². The van der Waals surface area contributed by atoms with Gasteiger partial charge in [-0.15, -0.1) is 0 Å². The lowest BCUT2D eigenvalue weighted by atomic mass is 9.90. The van der Waals surface area contributed by atoms with Crippen molar-refractivity contribution in [1.29, 1.82) is 0 Å². The first kappa shape index (κ1) is 9.81. The number of halogens is 1. The summed E-state index contributed by atoms with van der Waals surface area (Å²) >= 11 is 6.03. The van der Waals surface area contributed by atoms with Crippen molar-refractivity contribution in [3.05, 3.63) is 28.8 Å². The van der Waals surface area contributed by atoms with Crippen molar-refractivity contribution in [1.82, 2.24) is 0 Å². The average molecular weight is 212 g/mol. The molecule has 1 saturated carbocycles. The molecule has 0 heterocycles. The van der Waals surface area contributed by atoms with Crippen LogP contribution in [0.25, 0.3) is 0 Å². The first-order valence-corrected chi connectivity index (χ1v) is 5.21. The highest BCUT2D eigenvalue weighted by Gasteiger charge is 2.27. The summed E-state index contributed by atoms with van der Waals surface area (Å²) < 4.78 is 5.69. The molecular weight excluding hydrogens is 198 g/mol. The van der Waals surface area contributed by atoms with Gasteiger partial charge in [-0.1, -0.05) is 17.7 Å². The van der Waals surface area contributed by atoms with E-state index >= 15 is 0 Å². The fourth-order valence-corrected chi connectivity index (χ4v) is 1.86. The van der Waals surface area contributed by atoms with Crippen LogP contribution in [0.5, 0.6) is 5.75 Å². The molecule has 0 bridgehead atoms. The predicted molar refractivity (Wildman–Crippen MR) is 57.8 cm³/mol. The second-order valence-corrected chi connectivity index (χ2v) is 4.31. The molecule has 1 aliphatic carbocycles. The highest BCUT2D eigenvalue weighted by atomic mass is 35.5. The van der Waals surface area contributed by atoms with E-state index in [1.165, 1.54) is 0 Å². The molecule has 0 saturated heterocycles. The summed E-state index contributed by atoms with van der Waals surface area (Å²) in [6, 6.07) is 6.14. The molecule has 3 heteroatoms. The summed E-state index contributed by atoms with van der Waals surface area (Å²) in [5.74, 6) is 0.772. The number of rotatable bonds is 2. The fraction of sp³-hybridized carbons (Fsp3) is 0.455. The van der Waals surface area contributed by atoms with E-state index in [2.05, 4.69) is 0 Å². The summed E-state index contributed by atoms with van der Waals surface area (Å²) in [4.78, 5) is 0. The van der Waals surface area contributed by atoms with Gasteiger partial charge in [-0.25, -0.2) is 0 Å². The van der Waals surface area contributed by atoms with Gasteiger partial charge in [0.1, 0.15) is 11.9 Å². The van der Waals surface area contributed by atoms with Crippen molar-refractivity contribution >= 4 is 11.6 Å². The molecule has 2 N–H and O–H groups in total. The monoisotopic (exact) mass is 211 g/mol. The third-order valence-electron chi connectivity index (χ3n) is 2.51. The Hall–Kier alpha value is -0.730. The molecule has 0 aliphatic heterocycles. The van der Waals surface area contributed by atoms with E-state index < -0.39 is 0 Å². The average Bonchev–Trinajstić information content (AvgIpc) is 2.06. The molecule has 0 spiro atoms. The smallest absolute Gasteiger partial charge is 0.138 e. The molecule has 0 aromatic heterocycles. The zero-order valence-corrected chi connectivity index (χ0v) is 8.92. The summed E-state index contributed by atoms with van der Waals surface area (Å²) in [7, 11) is 0. The summed E-state index contributed by atoms with van der Waals surface area (Å²) in [5, 5.41) is 0.686. The van der Waals surface area contributed by atoms with Crippen molar-refractivity contribution < 1.29 is 4.74 Å². The molecule has 1 aliphatic rings. The zero-order valence-electron chi connectivity index (χ0n) is 8.16. The Labute approximate surface area is 89.0 Å². The van der Waals surface area contributed by atoms with Crippen molar-refractivity contribution in [3.63, 3.8) is 0 Å². The standard InChI is InChI=1S/C11H14ClNO/c1-7-2-3-11(10(12)4-7)14-9-5-8(13)6-9/h2-4,8-9H,5-6,13H2,1H3. The zero-order chi connectivity index (χ0) is 10.1. The van der Waals surface area contributed by atoms with Gasteiger partial charge in [0, 0.05) is 6.04 Å². The number of benzene rings is 1. The number of ether oxygens (including phenoxy) is 1. The van der Waals surface area contributed by atoms with Crippen LogP contribution in [0.1, 0.15) is 18.4 Å².